The Morgan fingerprint density at radius 1 is 1.06 bits per heavy atom. The van der Waals surface area contributed by atoms with Crippen LogP contribution < -0.4 is 0 Å². The van der Waals surface area contributed by atoms with Crippen LogP contribution in [-0.4, -0.2) is 9.97 Å². The molecule has 1 aromatic carbocycles. The monoisotopic (exact) mass is 230 g/mol. The molecule has 2 aromatic rings. The summed E-state index contributed by atoms with van der Waals surface area (Å²) in [5, 5.41) is 0.521. The molecule has 1 fully saturated rings. The van der Waals surface area contributed by atoms with E-state index in [9.17, 15) is 0 Å². The lowest BCUT2D eigenvalue weighted by Gasteiger charge is -2.13. The molecule has 0 bridgehead atoms. The smallest absolute Gasteiger partial charge is 0.140 e. The molecule has 0 radical (unpaired) electrons. The first-order valence-electron chi connectivity index (χ1n) is 5.36. The van der Waals surface area contributed by atoms with Gasteiger partial charge in [0.15, 0.2) is 0 Å². The number of nitrogens with zero attached hydrogens (tertiary/aromatic N) is 2. The van der Waals surface area contributed by atoms with E-state index in [0.717, 1.165) is 18.7 Å². The van der Waals surface area contributed by atoms with Gasteiger partial charge in [-0.25, -0.2) is 9.97 Å². The van der Waals surface area contributed by atoms with Gasteiger partial charge in [-0.1, -0.05) is 41.9 Å². The van der Waals surface area contributed by atoms with Gasteiger partial charge in [0, 0.05) is 6.20 Å². The summed E-state index contributed by atoms with van der Waals surface area (Å²) in [6.07, 6.45) is 3.95. The van der Waals surface area contributed by atoms with E-state index in [0.29, 0.717) is 5.15 Å². The third-order valence-corrected chi connectivity index (χ3v) is 3.34. The number of hydrogen-bond donors (Lipinski definition) is 0. The first-order chi connectivity index (χ1) is 7.81. The highest BCUT2D eigenvalue weighted by Gasteiger charge is 2.48. The van der Waals surface area contributed by atoms with Crippen LogP contribution in [0, 0.1) is 0 Å². The summed E-state index contributed by atoms with van der Waals surface area (Å²) in [6, 6.07) is 12.1. The largest absolute Gasteiger partial charge is 0.240 e. The van der Waals surface area contributed by atoms with Crippen LogP contribution in [0.1, 0.15) is 24.2 Å². The van der Waals surface area contributed by atoms with Gasteiger partial charge in [-0.15, -0.1) is 0 Å². The Bertz CT molecular complexity index is 506. The molecule has 16 heavy (non-hydrogen) atoms. The Morgan fingerprint density at radius 3 is 2.44 bits per heavy atom. The summed E-state index contributed by atoms with van der Waals surface area (Å²) in [5.74, 6) is 0.853. The lowest BCUT2D eigenvalue weighted by molar-refractivity contribution is 0.754. The van der Waals surface area contributed by atoms with E-state index >= 15 is 0 Å². The molecular formula is C13H11ClN2. The highest BCUT2D eigenvalue weighted by Crippen LogP contribution is 2.51. The molecule has 2 nitrogen and oxygen atoms in total. The van der Waals surface area contributed by atoms with Crippen molar-refractivity contribution in [3.8, 4) is 0 Å². The van der Waals surface area contributed by atoms with Gasteiger partial charge in [0.05, 0.1) is 5.41 Å². The van der Waals surface area contributed by atoms with Crippen molar-refractivity contribution < 1.29 is 0 Å². The van der Waals surface area contributed by atoms with Crippen LogP contribution >= 0.6 is 11.6 Å². The molecular weight excluding hydrogens is 220 g/mol. The Labute approximate surface area is 99.3 Å². The number of hydrogen-bond acceptors (Lipinski definition) is 2. The zero-order chi connectivity index (χ0) is 11.0. The summed E-state index contributed by atoms with van der Waals surface area (Å²) in [5.41, 5.74) is 1.31. The Hall–Kier alpha value is -1.41. The van der Waals surface area contributed by atoms with Crippen molar-refractivity contribution in [2.45, 2.75) is 18.3 Å². The molecule has 1 saturated carbocycles. The molecule has 3 rings (SSSR count). The summed E-state index contributed by atoms with van der Waals surface area (Å²) in [6.45, 7) is 0. The molecule has 0 unspecified atom stereocenters. The fraction of sp³-hybridized carbons (Fsp3) is 0.231. The zero-order valence-corrected chi connectivity index (χ0v) is 9.48. The molecule has 1 aromatic heterocycles. The lowest BCUT2D eigenvalue weighted by Crippen LogP contribution is -2.12. The second kappa shape index (κ2) is 3.56. The van der Waals surface area contributed by atoms with E-state index in [4.69, 9.17) is 11.6 Å². The van der Waals surface area contributed by atoms with Crippen LogP contribution in [0.3, 0.4) is 0 Å². The normalized spacial score (nSPS) is 17.1. The summed E-state index contributed by atoms with van der Waals surface area (Å²) in [7, 11) is 0. The van der Waals surface area contributed by atoms with Crippen molar-refractivity contribution in [1.82, 2.24) is 9.97 Å². The summed E-state index contributed by atoms with van der Waals surface area (Å²) < 4.78 is 0. The Kier molecular flexibility index (Phi) is 2.18. The van der Waals surface area contributed by atoms with Crippen LogP contribution in [0.25, 0.3) is 0 Å². The maximum absolute atomic E-state index is 5.92. The minimum Gasteiger partial charge on any atom is -0.240 e. The maximum atomic E-state index is 5.92. The predicted octanol–water partition coefficient (Wildman–Crippen LogP) is 3.21. The van der Waals surface area contributed by atoms with Crippen molar-refractivity contribution in [1.29, 1.82) is 0 Å². The van der Waals surface area contributed by atoms with Crippen molar-refractivity contribution in [3.05, 3.63) is 59.1 Å². The van der Waals surface area contributed by atoms with Crippen molar-refractivity contribution in [3.63, 3.8) is 0 Å². The minimum atomic E-state index is 0.0200. The number of halogens is 1. The third kappa shape index (κ3) is 1.50. The van der Waals surface area contributed by atoms with Crippen LogP contribution in [-0.2, 0) is 5.41 Å². The molecule has 3 heteroatoms. The minimum absolute atomic E-state index is 0.0200. The van der Waals surface area contributed by atoms with E-state index < -0.39 is 0 Å². The predicted molar refractivity (Wildman–Crippen MR) is 63.5 cm³/mol. The first kappa shape index (κ1) is 9.79. The van der Waals surface area contributed by atoms with Crippen molar-refractivity contribution in [2.24, 2.45) is 0 Å². The topological polar surface area (TPSA) is 25.8 Å². The second-order valence-corrected chi connectivity index (χ2v) is 4.54. The van der Waals surface area contributed by atoms with Gasteiger partial charge in [-0.2, -0.15) is 0 Å². The molecule has 0 saturated heterocycles. The molecule has 1 aliphatic rings. The maximum Gasteiger partial charge on any atom is 0.140 e. The van der Waals surface area contributed by atoms with E-state index in [1.54, 1.807) is 12.3 Å². The highest BCUT2D eigenvalue weighted by atomic mass is 35.5. The molecule has 0 spiro atoms. The molecule has 0 aliphatic heterocycles. The van der Waals surface area contributed by atoms with Gasteiger partial charge in [0.2, 0.25) is 0 Å². The molecule has 80 valence electrons. The van der Waals surface area contributed by atoms with Crippen molar-refractivity contribution >= 4 is 11.6 Å². The summed E-state index contributed by atoms with van der Waals surface area (Å²) >= 11 is 5.92. The van der Waals surface area contributed by atoms with Crippen LogP contribution in [0.2, 0.25) is 5.15 Å². The Morgan fingerprint density at radius 2 is 1.81 bits per heavy atom. The van der Waals surface area contributed by atoms with Crippen LogP contribution in [0.15, 0.2) is 42.6 Å². The second-order valence-electron chi connectivity index (χ2n) is 4.15. The van der Waals surface area contributed by atoms with Gasteiger partial charge in [-0.05, 0) is 24.5 Å². The molecule has 1 heterocycles. The molecule has 0 N–H and O–H groups in total. The standard InChI is InChI=1S/C13H11ClN2/c14-11-6-9-15-12(16-11)13(7-8-13)10-4-2-1-3-5-10/h1-6,9H,7-8H2. The Balaban J connectivity index is 2.07. The molecule has 0 amide bonds. The SMILES string of the molecule is Clc1ccnc(C2(c3ccccc3)CC2)n1. The number of rotatable bonds is 2. The lowest BCUT2D eigenvalue weighted by atomic mass is 9.95. The van der Waals surface area contributed by atoms with Gasteiger partial charge < -0.3 is 0 Å². The van der Waals surface area contributed by atoms with Gasteiger partial charge in [-0.3, -0.25) is 0 Å². The van der Waals surface area contributed by atoms with Gasteiger partial charge in [0.1, 0.15) is 11.0 Å². The number of benzene rings is 1. The average molecular weight is 231 g/mol. The van der Waals surface area contributed by atoms with Gasteiger partial charge in [0.25, 0.3) is 0 Å². The first-order valence-corrected chi connectivity index (χ1v) is 5.74. The van der Waals surface area contributed by atoms with E-state index in [1.807, 2.05) is 6.07 Å². The van der Waals surface area contributed by atoms with Crippen LogP contribution in [0.5, 0.6) is 0 Å². The molecule has 0 atom stereocenters. The fourth-order valence-corrected chi connectivity index (χ4v) is 2.23. The van der Waals surface area contributed by atoms with Crippen molar-refractivity contribution in [2.75, 3.05) is 0 Å². The van der Waals surface area contributed by atoms with E-state index in [2.05, 4.69) is 34.2 Å². The third-order valence-electron chi connectivity index (χ3n) is 3.13. The fourth-order valence-electron chi connectivity index (χ4n) is 2.09. The van der Waals surface area contributed by atoms with Crippen LogP contribution in [0.4, 0.5) is 0 Å². The van der Waals surface area contributed by atoms with E-state index in [-0.39, 0.29) is 5.41 Å². The number of aromatic nitrogens is 2. The van der Waals surface area contributed by atoms with E-state index in [1.165, 1.54) is 5.56 Å². The zero-order valence-electron chi connectivity index (χ0n) is 8.73. The average Bonchev–Trinajstić information content (AvgIpc) is 3.11. The quantitative estimate of drug-likeness (QED) is 0.741. The van der Waals surface area contributed by atoms with Gasteiger partial charge >= 0.3 is 0 Å². The summed E-state index contributed by atoms with van der Waals surface area (Å²) in [4.78, 5) is 8.69. The highest BCUT2D eigenvalue weighted by molar-refractivity contribution is 6.29. The molecule has 1 aliphatic carbocycles.